The summed E-state index contributed by atoms with van der Waals surface area (Å²) in [6.07, 6.45) is 1.42. The predicted molar refractivity (Wildman–Crippen MR) is 71.1 cm³/mol. The Balaban J connectivity index is 2.87. The fraction of sp³-hybridized carbons (Fsp3) is 0.455. The number of nitro groups is 1. The van der Waals surface area contributed by atoms with Gasteiger partial charge in [-0.2, -0.15) is 0 Å². The van der Waals surface area contributed by atoms with Crippen molar-refractivity contribution < 1.29 is 22.8 Å². The molecule has 1 rings (SSSR count). The van der Waals surface area contributed by atoms with Crippen LogP contribution in [0.2, 0.25) is 0 Å². The summed E-state index contributed by atoms with van der Waals surface area (Å²) in [6, 6.07) is 3.28. The van der Waals surface area contributed by atoms with Crippen molar-refractivity contribution in [1.82, 2.24) is 0 Å². The van der Waals surface area contributed by atoms with Gasteiger partial charge in [-0.25, -0.2) is 13.6 Å². The maximum atomic E-state index is 11.4. The molecular weight excluding hydrogens is 288 g/mol. The molecule has 0 amide bonds. The summed E-state index contributed by atoms with van der Waals surface area (Å²) in [7, 11) is -2.51. The van der Waals surface area contributed by atoms with Crippen LogP contribution in [0.1, 0.15) is 12.8 Å². The first kappa shape index (κ1) is 16.3. The van der Waals surface area contributed by atoms with E-state index in [2.05, 4.69) is 0 Å². The molecule has 20 heavy (non-hydrogen) atoms. The Labute approximate surface area is 116 Å². The summed E-state index contributed by atoms with van der Waals surface area (Å²) >= 11 is 0. The third-order valence-electron chi connectivity index (χ3n) is 2.45. The number of nitro benzene ring substituents is 1. The number of unbranched alkanes of at least 4 members (excludes halogenated alkanes) is 1. The van der Waals surface area contributed by atoms with Gasteiger partial charge in [-0.15, -0.1) is 0 Å². The highest BCUT2D eigenvalue weighted by atomic mass is 32.2. The highest BCUT2D eigenvalue weighted by Crippen LogP contribution is 2.27. The Morgan fingerprint density at radius 3 is 2.50 bits per heavy atom. The molecule has 0 aliphatic rings. The van der Waals surface area contributed by atoms with Gasteiger partial charge in [0.05, 0.1) is 11.5 Å². The molecule has 0 aliphatic carbocycles. The van der Waals surface area contributed by atoms with Crippen molar-refractivity contribution in [2.45, 2.75) is 17.7 Å². The fourth-order valence-electron chi connectivity index (χ4n) is 1.48. The molecule has 2 N–H and O–H groups in total. The van der Waals surface area contributed by atoms with Gasteiger partial charge in [-0.1, -0.05) is 0 Å². The molecule has 0 atom stereocenters. The number of hydrogen-bond acceptors (Lipinski definition) is 6. The third kappa shape index (κ3) is 4.76. The van der Waals surface area contributed by atoms with E-state index in [-0.39, 0.29) is 18.0 Å². The number of sulfonamides is 1. The summed E-state index contributed by atoms with van der Waals surface area (Å²) in [5, 5.41) is 15.7. The molecule has 0 saturated carbocycles. The molecule has 0 heterocycles. The van der Waals surface area contributed by atoms with E-state index in [4.69, 9.17) is 14.6 Å². The number of hydrogen-bond donors (Lipinski definition) is 1. The maximum Gasteiger partial charge on any atom is 0.271 e. The van der Waals surface area contributed by atoms with Gasteiger partial charge < -0.3 is 9.47 Å². The number of nitrogens with zero attached hydrogens (tertiary/aromatic N) is 1. The molecule has 0 spiro atoms. The number of ether oxygens (including phenoxy) is 2. The Morgan fingerprint density at radius 2 is 1.95 bits per heavy atom. The number of benzene rings is 1. The quantitative estimate of drug-likeness (QED) is 0.435. The first-order chi connectivity index (χ1) is 9.36. The van der Waals surface area contributed by atoms with Gasteiger partial charge in [0.2, 0.25) is 10.0 Å². The van der Waals surface area contributed by atoms with Gasteiger partial charge in [0.25, 0.3) is 5.69 Å². The van der Waals surface area contributed by atoms with Crippen LogP contribution in [0.4, 0.5) is 5.69 Å². The van der Waals surface area contributed by atoms with E-state index in [1.165, 1.54) is 12.1 Å². The van der Waals surface area contributed by atoms with Crippen LogP contribution in [0.5, 0.6) is 5.75 Å². The van der Waals surface area contributed by atoms with Crippen molar-refractivity contribution in [3.05, 3.63) is 28.3 Å². The molecule has 0 fully saturated rings. The SMILES string of the molecule is COCCCCOc1ccc([N+](=O)[O-])cc1S(N)(=O)=O. The van der Waals surface area contributed by atoms with E-state index in [1.54, 1.807) is 7.11 Å². The molecular formula is C11H16N2O6S. The Bertz CT molecular complexity index is 572. The molecule has 0 radical (unpaired) electrons. The molecule has 0 bridgehead atoms. The minimum atomic E-state index is -4.09. The lowest BCUT2D eigenvalue weighted by Gasteiger charge is -2.09. The lowest BCUT2D eigenvalue weighted by Crippen LogP contribution is -2.14. The molecule has 9 heteroatoms. The smallest absolute Gasteiger partial charge is 0.271 e. The van der Waals surface area contributed by atoms with E-state index >= 15 is 0 Å². The summed E-state index contributed by atoms with van der Waals surface area (Å²) in [6.45, 7) is 0.843. The maximum absolute atomic E-state index is 11.4. The zero-order valence-electron chi connectivity index (χ0n) is 10.9. The minimum Gasteiger partial charge on any atom is -0.492 e. The Kier molecular flexibility index (Phi) is 5.86. The molecule has 1 aromatic rings. The fourth-order valence-corrected chi connectivity index (χ4v) is 2.17. The van der Waals surface area contributed by atoms with Crippen molar-refractivity contribution in [2.24, 2.45) is 5.14 Å². The molecule has 1 aromatic carbocycles. The normalized spacial score (nSPS) is 11.3. The van der Waals surface area contributed by atoms with E-state index < -0.39 is 19.8 Å². The van der Waals surface area contributed by atoms with Crippen LogP contribution in [-0.4, -0.2) is 33.7 Å². The van der Waals surface area contributed by atoms with Crippen molar-refractivity contribution in [3.8, 4) is 5.75 Å². The van der Waals surface area contributed by atoms with Crippen LogP contribution in [-0.2, 0) is 14.8 Å². The monoisotopic (exact) mass is 304 g/mol. The van der Waals surface area contributed by atoms with Gasteiger partial charge >= 0.3 is 0 Å². The molecule has 0 aromatic heterocycles. The summed E-state index contributed by atoms with van der Waals surface area (Å²) in [5.74, 6) is 0.00974. The lowest BCUT2D eigenvalue weighted by atomic mass is 10.3. The third-order valence-corrected chi connectivity index (χ3v) is 3.38. The van der Waals surface area contributed by atoms with E-state index in [0.29, 0.717) is 13.0 Å². The second-order valence-electron chi connectivity index (χ2n) is 3.98. The summed E-state index contributed by atoms with van der Waals surface area (Å²) in [5.41, 5.74) is -0.360. The average Bonchev–Trinajstić information content (AvgIpc) is 2.37. The molecule has 112 valence electrons. The first-order valence-electron chi connectivity index (χ1n) is 5.79. The highest BCUT2D eigenvalue weighted by molar-refractivity contribution is 7.89. The number of methoxy groups -OCH3 is 1. The minimum absolute atomic E-state index is 0.00974. The van der Waals surface area contributed by atoms with Crippen molar-refractivity contribution >= 4 is 15.7 Å². The van der Waals surface area contributed by atoms with Gasteiger partial charge in [0.15, 0.2) is 0 Å². The zero-order chi connectivity index (χ0) is 15.2. The van der Waals surface area contributed by atoms with Crippen molar-refractivity contribution in [3.63, 3.8) is 0 Å². The Morgan fingerprint density at radius 1 is 1.30 bits per heavy atom. The Hall–Kier alpha value is -1.71. The highest BCUT2D eigenvalue weighted by Gasteiger charge is 2.19. The molecule has 0 saturated heterocycles. The van der Waals surface area contributed by atoms with Gasteiger partial charge in [-0.05, 0) is 18.9 Å². The topological polar surface area (TPSA) is 122 Å². The van der Waals surface area contributed by atoms with Crippen LogP contribution in [0.15, 0.2) is 23.1 Å². The predicted octanol–water partition coefficient (Wildman–Crippen LogP) is 1.05. The van der Waals surface area contributed by atoms with Crippen LogP contribution in [0, 0.1) is 10.1 Å². The van der Waals surface area contributed by atoms with Crippen molar-refractivity contribution in [1.29, 1.82) is 0 Å². The largest absolute Gasteiger partial charge is 0.492 e. The second-order valence-corrected chi connectivity index (χ2v) is 5.51. The number of nitrogens with two attached hydrogens (primary N) is 1. The van der Waals surface area contributed by atoms with Crippen LogP contribution < -0.4 is 9.88 Å². The van der Waals surface area contributed by atoms with Gasteiger partial charge in [0, 0.05) is 25.8 Å². The van der Waals surface area contributed by atoms with E-state index in [9.17, 15) is 18.5 Å². The standard InChI is InChI=1S/C11H16N2O6S/c1-18-6-2-3-7-19-10-5-4-9(13(14)15)8-11(10)20(12,16)17/h4-5,8H,2-3,6-7H2,1H3,(H2,12,16,17). The number of rotatable bonds is 8. The number of primary sulfonamides is 1. The van der Waals surface area contributed by atoms with Crippen molar-refractivity contribution in [2.75, 3.05) is 20.3 Å². The first-order valence-corrected chi connectivity index (χ1v) is 7.34. The van der Waals surface area contributed by atoms with Gasteiger partial charge in [-0.3, -0.25) is 10.1 Å². The second kappa shape index (κ2) is 7.17. The van der Waals surface area contributed by atoms with E-state index in [0.717, 1.165) is 12.5 Å². The lowest BCUT2D eigenvalue weighted by molar-refractivity contribution is -0.385. The van der Waals surface area contributed by atoms with Crippen LogP contribution in [0.25, 0.3) is 0 Å². The molecule has 8 nitrogen and oxygen atoms in total. The van der Waals surface area contributed by atoms with Crippen LogP contribution in [0.3, 0.4) is 0 Å². The van der Waals surface area contributed by atoms with E-state index in [1.807, 2.05) is 0 Å². The molecule has 0 aliphatic heterocycles. The summed E-state index contributed by atoms with van der Waals surface area (Å²) in [4.78, 5) is 9.55. The molecule has 0 unspecified atom stereocenters. The van der Waals surface area contributed by atoms with Crippen LogP contribution >= 0.6 is 0 Å². The zero-order valence-corrected chi connectivity index (χ0v) is 11.8. The number of non-ortho nitro benzene ring substituents is 1. The average molecular weight is 304 g/mol. The summed E-state index contributed by atoms with van der Waals surface area (Å²) < 4.78 is 33.0. The van der Waals surface area contributed by atoms with Gasteiger partial charge in [0.1, 0.15) is 10.6 Å².